The van der Waals surface area contributed by atoms with E-state index in [1.807, 2.05) is 0 Å². The molecule has 1 N–H and O–H groups in total. The summed E-state index contributed by atoms with van der Waals surface area (Å²) in [6.45, 7) is 2.16. The lowest BCUT2D eigenvalue weighted by Gasteiger charge is -2.33. The van der Waals surface area contributed by atoms with Crippen LogP contribution in [0, 0.1) is 11.8 Å². The highest BCUT2D eigenvalue weighted by Gasteiger charge is 2.33. The first-order valence-electron chi connectivity index (χ1n) is 8.41. The molecule has 4 nitrogen and oxygen atoms in total. The van der Waals surface area contributed by atoms with Crippen LogP contribution in [0.2, 0.25) is 0 Å². The predicted molar refractivity (Wildman–Crippen MR) is 84.8 cm³/mol. The Morgan fingerprint density at radius 1 is 1.10 bits per heavy atom. The van der Waals surface area contributed by atoms with Gasteiger partial charge < -0.3 is 5.32 Å². The molecule has 2 aliphatic carbocycles. The minimum Gasteiger partial charge on any atom is -0.353 e. The number of carbonyl (C=O) groups excluding carboxylic acids is 1. The lowest BCUT2D eigenvalue weighted by molar-refractivity contribution is -0.128. The SMILES string of the molecule is CCC1CCCCC1C(=O)NC1CCCC(S(C)(=O)=O)C1. The Morgan fingerprint density at radius 2 is 1.81 bits per heavy atom. The van der Waals surface area contributed by atoms with Gasteiger partial charge in [-0.3, -0.25) is 4.79 Å². The molecule has 122 valence electrons. The Hall–Kier alpha value is -0.580. The Balaban J connectivity index is 1.92. The van der Waals surface area contributed by atoms with E-state index in [1.54, 1.807) is 0 Å². The maximum absolute atomic E-state index is 12.5. The molecule has 0 aromatic heterocycles. The minimum atomic E-state index is -2.99. The number of hydrogen-bond donors (Lipinski definition) is 1. The van der Waals surface area contributed by atoms with Crippen LogP contribution in [0.15, 0.2) is 0 Å². The highest BCUT2D eigenvalue weighted by Crippen LogP contribution is 2.33. The largest absolute Gasteiger partial charge is 0.353 e. The average molecular weight is 315 g/mol. The van der Waals surface area contributed by atoms with Crippen molar-refractivity contribution in [2.24, 2.45) is 11.8 Å². The van der Waals surface area contributed by atoms with Crippen LogP contribution in [0.25, 0.3) is 0 Å². The predicted octanol–water partition coefficient (Wildman–Crippen LogP) is 2.67. The van der Waals surface area contributed by atoms with Crippen molar-refractivity contribution in [1.29, 1.82) is 0 Å². The van der Waals surface area contributed by atoms with E-state index in [1.165, 1.54) is 12.7 Å². The Kier molecular flexibility index (Phi) is 5.69. The van der Waals surface area contributed by atoms with Gasteiger partial charge in [0.15, 0.2) is 0 Å². The molecule has 4 unspecified atom stereocenters. The molecule has 5 heteroatoms. The first-order valence-corrected chi connectivity index (χ1v) is 10.4. The third-order valence-electron chi connectivity index (χ3n) is 5.35. The number of amides is 1. The smallest absolute Gasteiger partial charge is 0.223 e. The number of nitrogens with one attached hydrogen (secondary N) is 1. The van der Waals surface area contributed by atoms with Crippen molar-refractivity contribution in [1.82, 2.24) is 5.32 Å². The van der Waals surface area contributed by atoms with Crippen molar-refractivity contribution in [3.63, 3.8) is 0 Å². The van der Waals surface area contributed by atoms with Gasteiger partial charge in [-0.15, -0.1) is 0 Å². The summed E-state index contributed by atoms with van der Waals surface area (Å²) in [5.41, 5.74) is 0. The topological polar surface area (TPSA) is 63.2 Å². The lowest BCUT2D eigenvalue weighted by Crippen LogP contribution is -2.45. The molecular weight excluding hydrogens is 286 g/mol. The molecule has 0 heterocycles. The summed E-state index contributed by atoms with van der Waals surface area (Å²) in [6.07, 6.45) is 10.1. The average Bonchev–Trinajstić information content (AvgIpc) is 2.46. The lowest BCUT2D eigenvalue weighted by atomic mass is 9.77. The second-order valence-corrected chi connectivity index (χ2v) is 9.21. The molecule has 0 aromatic carbocycles. The van der Waals surface area contributed by atoms with Crippen molar-refractivity contribution < 1.29 is 13.2 Å². The monoisotopic (exact) mass is 315 g/mol. The summed E-state index contributed by atoms with van der Waals surface area (Å²) in [4.78, 5) is 12.5. The van der Waals surface area contributed by atoms with Crippen LogP contribution in [0.5, 0.6) is 0 Å². The molecule has 1 amide bonds. The summed E-state index contributed by atoms with van der Waals surface area (Å²) in [6, 6.07) is 0.0467. The van der Waals surface area contributed by atoms with Crippen molar-refractivity contribution in [2.45, 2.75) is 76.0 Å². The molecule has 0 aromatic rings. The van der Waals surface area contributed by atoms with Crippen molar-refractivity contribution in [3.05, 3.63) is 0 Å². The van der Waals surface area contributed by atoms with Gasteiger partial charge in [-0.2, -0.15) is 0 Å². The first kappa shape index (κ1) is 16.8. The van der Waals surface area contributed by atoms with E-state index in [9.17, 15) is 13.2 Å². The number of hydrogen-bond acceptors (Lipinski definition) is 3. The van der Waals surface area contributed by atoms with Crippen LogP contribution in [-0.2, 0) is 14.6 Å². The summed E-state index contributed by atoms with van der Waals surface area (Å²) in [5, 5.41) is 2.88. The minimum absolute atomic E-state index is 0.0467. The molecular formula is C16H29NO3S. The maximum atomic E-state index is 12.5. The quantitative estimate of drug-likeness (QED) is 0.867. The highest BCUT2D eigenvalue weighted by molar-refractivity contribution is 7.91. The maximum Gasteiger partial charge on any atom is 0.223 e. The fourth-order valence-corrected chi connectivity index (χ4v) is 5.19. The van der Waals surface area contributed by atoms with Crippen LogP contribution in [0.1, 0.15) is 64.7 Å². The Morgan fingerprint density at radius 3 is 2.48 bits per heavy atom. The first-order chi connectivity index (χ1) is 9.91. The molecule has 0 aliphatic heterocycles. The van der Waals surface area contributed by atoms with Crippen LogP contribution in [0.4, 0.5) is 0 Å². The summed E-state index contributed by atoms with van der Waals surface area (Å²) in [7, 11) is -2.99. The molecule has 0 spiro atoms. The summed E-state index contributed by atoms with van der Waals surface area (Å²) < 4.78 is 23.4. The molecule has 4 atom stereocenters. The highest BCUT2D eigenvalue weighted by atomic mass is 32.2. The van der Waals surface area contributed by atoms with Gasteiger partial charge in [0.05, 0.1) is 5.25 Å². The number of rotatable bonds is 4. The number of carbonyl (C=O) groups is 1. The van der Waals surface area contributed by atoms with Gasteiger partial charge in [0, 0.05) is 18.2 Å². The number of sulfone groups is 1. The van der Waals surface area contributed by atoms with Gasteiger partial charge >= 0.3 is 0 Å². The van der Waals surface area contributed by atoms with Crippen LogP contribution >= 0.6 is 0 Å². The van der Waals surface area contributed by atoms with E-state index in [-0.39, 0.29) is 23.1 Å². The van der Waals surface area contributed by atoms with E-state index in [2.05, 4.69) is 12.2 Å². The third kappa shape index (κ3) is 4.44. The van der Waals surface area contributed by atoms with Crippen LogP contribution < -0.4 is 5.32 Å². The van der Waals surface area contributed by atoms with Gasteiger partial charge in [0.2, 0.25) is 5.91 Å². The van der Waals surface area contributed by atoms with Gasteiger partial charge in [0.1, 0.15) is 9.84 Å². The zero-order chi connectivity index (χ0) is 15.5. The molecule has 0 bridgehead atoms. The van der Waals surface area contributed by atoms with Crippen LogP contribution in [0.3, 0.4) is 0 Å². The van der Waals surface area contributed by atoms with E-state index in [0.29, 0.717) is 12.3 Å². The molecule has 21 heavy (non-hydrogen) atoms. The molecule has 2 aliphatic rings. The third-order valence-corrected chi connectivity index (χ3v) is 6.99. The van der Waals surface area contributed by atoms with E-state index in [0.717, 1.165) is 44.9 Å². The van der Waals surface area contributed by atoms with Gasteiger partial charge in [-0.1, -0.05) is 32.6 Å². The fourth-order valence-electron chi connectivity index (χ4n) is 4.01. The van der Waals surface area contributed by atoms with Crippen molar-refractivity contribution in [3.8, 4) is 0 Å². The van der Waals surface area contributed by atoms with Crippen molar-refractivity contribution >= 4 is 15.7 Å². The van der Waals surface area contributed by atoms with E-state index >= 15 is 0 Å². The van der Waals surface area contributed by atoms with E-state index < -0.39 is 9.84 Å². The van der Waals surface area contributed by atoms with Crippen LogP contribution in [-0.4, -0.2) is 31.9 Å². The second-order valence-electron chi connectivity index (χ2n) is 6.88. The Bertz CT molecular complexity index is 460. The molecule has 2 saturated carbocycles. The molecule has 2 fully saturated rings. The van der Waals surface area contributed by atoms with Gasteiger partial charge in [0.25, 0.3) is 0 Å². The van der Waals surface area contributed by atoms with E-state index in [4.69, 9.17) is 0 Å². The Labute approximate surface area is 129 Å². The second kappa shape index (κ2) is 7.12. The summed E-state index contributed by atoms with van der Waals surface area (Å²) in [5.74, 6) is 0.816. The zero-order valence-corrected chi connectivity index (χ0v) is 14.1. The standard InChI is InChI=1S/C16H29NO3S/c1-3-12-7-4-5-10-15(12)16(18)17-13-8-6-9-14(11-13)21(2,19)20/h12-15H,3-11H2,1-2H3,(H,17,18). The van der Waals surface area contributed by atoms with Gasteiger partial charge in [-0.05, 0) is 38.0 Å². The zero-order valence-electron chi connectivity index (χ0n) is 13.3. The van der Waals surface area contributed by atoms with Crippen molar-refractivity contribution in [2.75, 3.05) is 6.26 Å². The fraction of sp³-hybridized carbons (Fsp3) is 0.938. The molecule has 0 saturated heterocycles. The molecule has 2 rings (SSSR count). The van der Waals surface area contributed by atoms with Gasteiger partial charge in [-0.25, -0.2) is 8.42 Å². The normalized spacial score (nSPS) is 34.4. The molecule has 0 radical (unpaired) electrons. The summed E-state index contributed by atoms with van der Waals surface area (Å²) >= 11 is 0.